The highest BCUT2D eigenvalue weighted by Crippen LogP contribution is 2.07. The van der Waals surface area contributed by atoms with Gasteiger partial charge in [0, 0.05) is 0 Å². The van der Waals surface area contributed by atoms with Crippen LogP contribution in [-0.4, -0.2) is 29.3 Å². The van der Waals surface area contributed by atoms with Crippen molar-refractivity contribution in [3.63, 3.8) is 0 Å². The molecule has 0 saturated heterocycles. The summed E-state index contributed by atoms with van der Waals surface area (Å²) in [6.07, 6.45) is 4.43. The quantitative estimate of drug-likeness (QED) is 0.552. The normalized spacial score (nSPS) is 9.65. The number of nitriles is 1. The third-order valence-electron chi connectivity index (χ3n) is 2.18. The molecule has 92 valence electrons. The Hall–Kier alpha value is -2.03. The molecule has 0 atom stereocenters. The molecule has 0 unspecified atom stereocenters. The summed E-state index contributed by atoms with van der Waals surface area (Å²) < 4.78 is 5.00. The Morgan fingerprint density at radius 2 is 2.47 bits per heavy atom. The Kier molecular flexibility index (Phi) is 5.58. The minimum absolute atomic E-state index is 0.0308. The molecule has 0 amide bonds. The van der Waals surface area contributed by atoms with E-state index in [-0.39, 0.29) is 12.5 Å². The number of rotatable bonds is 7. The van der Waals surface area contributed by atoms with Gasteiger partial charge in [0.2, 0.25) is 0 Å². The Morgan fingerprint density at radius 3 is 3.18 bits per heavy atom. The van der Waals surface area contributed by atoms with Gasteiger partial charge in [-0.15, -0.1) is 0 Å². The molecule has 17 heavy (non-hydrogen) atoms. The molecule has 0 saturated carbocycles. The van der Waals surface area contributed by atoms with Gasteiger partial charge in [-0.2, -0.15) is 10.4 Å². The van der Waals surface area contributed by atoms with Crippen LogP contribution in [0.15, 0.2) is 6.20 Å². The van der Waals surface area contributed by atoms with Crippen LogP contribution in [0.5, 0.6) is 0 Å². The Bertz CT molecular complexity index is 394. The van der Waals surface area contributed by atoms with E-state index in [1.807, 2.05) is 6.07 Å². The standard InChI is InChI=1S/C11H16N4O2/c1-2-3-4-5-17-10(16)8-13-11-9(6-12)7-14-15-11/h7H,2-5,8H2,1H3,(H2,13,14,15). The summed E-state index contributed by atoms with van der Waals surface area (Å²) in [6, 6.07) is 1.95. The van der Waals surface area contributed by atoms with Crippen LogP contribution in [-0.2, 0) is 9.53 Å². The number of carbonyl (C=O) groups excluding carboxylic acids is 1. The van der Waals surface area contributed by atoms with Gasteiger partial charge in [-0.05, 0) is 6.42 Å². The average molecular weight is 236 g/mol. The number of unbranched alkanes of at least 4 members (excludes halogenated alkanes) is 2. The molecule has 6 nitrogen and oxygen atoms in total. The molecule has 6 heteroatoms. The summed E-state index contributed by atoms with van der Waals surface area (Å²) >= 11 is 0. The number of ether oxygens (including phenoxy) is 1. The Morgan fingerprint density at radius 1 is 1.65 bits per heavy atom. The first kappa shape index (κ1) is 13.0. The van der Waals surface area contributed by atoms with Gasteiger partial charge in [-0.3, -0.25) is 9.89 Å². The predicted molar refractivity (Wildman–Crippen MR) is 62.3 cm³/mol. The molecule has 1 aromatic heterocycles. The van der Waals surface area contributed by atoms with Gasteiger partial charge in [-0.1, -0.05) is 19.8 Å². The molecule has 1 heterocycles. The van der Waals surface area contributed by atoms with Crippen molar-refractivity contribution < 1.29 is 9.53 Å². The van der Waals surface area contributed by atoms with Crippen LogP contribution in [0, 0.1) is 11.3 Å². The number of hydrogen-bond donors (Lipinski definition) is 2. The van der Waals surface area contributed by atoms with E-state index in [1.54, 1.807) is 0 Å². The molecule has 1 aromatic rings. The van der Waals surface area contributed by atoms with Crippen LogP contribution in [0.1, 0.15) is 31.7 Å². The second-order valence-electron chi connectivity index (χ2n) is 3.55. The molecule has 0 aliphatic rings. The highest BCUT2D eigenvalue weighted by Gasteiger charge is 2.06. The number of hydrogen-bond acceptors (Lipinski definition) is 5. The van der Waals surface area contributed by atoms with E-state index >= 15 is 0 Å². The minimum Gasteiger partial charge on any atom is -0.464 e. The first-order chi connectivity index (χ1) is 8.27. The Balaban J connectivity index is 2.22. The third kappa shape index (κ3) is 4.55. The van der Waals surface area contributed by atoms with Gasteiger partial charge in [0.25, 0.3) is 0 Å². The molecule has 1 rings (SSSR count). The van der Waals surface area contributed by atoms with Crippen molar-refractivity contribution in [2.75, 3.05) is 18.5 Å². The summed E-state index contributed by atoms with van der Waals surface area (Å²) in [5.74, 6) is 0.109. The first-order valence-corrected chi connectivity index (χ1v) is 5.61. The van der Waals surface area contributed by atoms with E-state index in [0.29, 0.717) is 18.0 Å². The average Bonchev–Trinajstić information content (AvgIpc) is 2.79. The maximum atomic E-state index is 11.3. The second kappa shape index (κ2) is 7.28. The molecular weight excluding hydrogens is 220 g/mol. The van der Waals surface area contributed by atoms with Crippen LogP contribution in [0.3, 0.4) is 0 Å². The fraction of sp³-hybridized carbons (Fsp3) is 0.545. The maximum absolute atomic E-state index is 11.3. The van der Waals surface area contributed by atoms with Crippen molar-refractivity contribution in [2.24, 2.45) is 0 Å². The zero-order chi connectivity index (χ0) is 12.5. The fourth-order valence-electron chi connectivity index (χ4n) is 1.26. The minimum atomic E-state index is -0.334. The number of carbonyl (C=O) groups is 1. The number of aromatic amines is 1. The lowest BCUT2D eigenvalue weighted by atomic mass is 10.3. The van der Waals surface area contributed by atoms with Crippen molar-refractivity contribution in [3.8, 4) is 6.07 Å². The van der Waals surface area contributed by atoms with Gasteiger partial charge in [-0.25, -0.2) is 0 Å². The SMILES string of the molecule is CCCCCOC(=O)CNc1[nH]ncc1C#N. The van der Waals surface area contributed by atoms with E-state index < -0.39 is 0 Å². The summed E-state index contributed by atoms with van der Waals surface area (Å²) in [5.41, 5.74) is 0.379. The number of nitrogens with one attached hydrogen (secondary N) is 2. The van der Waals surface area contributed by atoms with Crippen LogP contribution in [0.25, 0.3) is 0 Å². The molecule has 2 N–H and O–H groups in total. The van der Waals surface area contributed by atoms with Gasteiger partial charge in [0.1, 0.15) is 24.0 Å². The monoisotopic (exact) mass is 236 g/mol. The van der Waals surface area contributed by atoms with Crippen molar-refractivity contribution in [1.29, 1.82) is 5.26 Å². The van der Waals surface area contributed by atoms with Gasteiger partial charge in [0.15, 0.2) is 0 Å². The van der Waals surface area contributed by atoms with Crippen LogP contribution in [0.4, 0.5) is 5.82 Å². The van der Waals surface area contributed by atoms with Crippen LogP contribution >= 0.6 is 0 Å². The Labute approximate surface area is 100.0 Å². The second-order valence-corrected chi connectivity index (χ2v) is 3.55. The molecular formula is C11H16N4O2. The van der Waals surface area contributed by atoms with Crippen molar-refractivity contribution in [1.82, 2.24) is 10.2 Å². The summed E-state index contributed by atoms with van der Waals surface area (Å²) in [7, 11) is 0. The van der Waals surface area contributed by atoms with Gasteiger partial charge in [0.05, 0.1) is 12.8 Å². The molecule has 0 radical (unpaired) electrons. The summed E-state index contributed by atoms with van der Waals surface area (Å²) in [5, 5.41) is 17.8. The molecule has 0 fully saturated rings. The smallest absolute Gasteiger partial charge is 0.325 e. The number of anilines is 1. The highest BCUT2D eigenvalue weighted by molar-refractivity contribution is 5.75. The van der Waals surface area contributed by atoms with E-state index in [4.69, 9.17) is 10.00 Å². The molecule has 0 aromatic carbocycles. The number of nitrogens with zero attached hydrogens (tertiary/aromatic N) is 2. The molecule has 0 bridgehead atoms. The largest absolute Gasteiger partial charge is 0.464 e. The van der Waals surface area contributed by atoms with E-state index in [0.717, 1.165) is 19.3 Å². The zero-order valence-corrected chi connectivity index (χ0v) is 9.82. The molecule has 0 aliphatic heterocycles. The van der Waals surface area contributed by atoms with Gasteiger partial charge < -0.3 is 10.1 Å². The lowest BCUT2D eigenvalue weighted by molar-refractivity contribution is -0.141. The third-order valence-corrected chi connectivity index (χ3v) is 2.18. The lowest BCUT2D eigenvalue weighted by Gasteiger charge is -2.05. The zero-order valence-electron chi connectivity index (χ0n) is 9.82. The topological polar surface area (TPSA) is 90.8 Å². The van der Waals surface area contributed by atoms with Crippen molar-refractivity contribution in [2.45, 2.75) is 26.2 Å². The number of H-pyrrole nitrogens is 1. The fourth-order valence-corrected chi connectivity index (χ4v) is 1.26. The van der Waals surface area contributed by atoms with Crippen LogP contribution in [0.2, 0.25) is 0 Å². The number of esters is 1. The van der Waals surface area contributed by atoms with Crippen LogP contribution < -0.4 is 5.32 Å². The predicted octanol–water partition coefficient (Wildman–Crippen LogP) is 1.43. The van der Waals surface area contributed by atoms with Gasteiger partial charge >= 0.3 is 5.97 Å². The molecule has 0 aliphatic carbocycles. The molecule has 0 spiro atoms. The van der Waals surface area contributed by atoms with E-state index in [1.165, 1.54) is 6.20 Å². The lowest BCUT2D eigenvalue weighted by Crippen LogP contribution is -2.18. The maximum Gasteiger partial charge on any atom is 0.325 e. The summed E-state index contributed by atoms with van der Waals surface area (Å²) in [4.78, 5) is 11.3. The number of aromatic nitrogens is 2. The van der Waals surface area contributed by atoms with E-state index in [2.05, 4.69) is 22.4 Å². The van der Waals surface area contributed by atoms with Crippen molar-refractivity contribution >= 4 is 11.8 Å². The highest BCUT2D eigenvalue weighted by atomic mass is 16.5. The summed E-state index contributed by atoms with van der Waals surface area (Å²) in [6.45, 7) is 2.57. The first-order valence-electron chi connectivity index (χ1n) is 5.61. The van der Waals surface area contributed by atoms with Crippen molar-refractivity contribution in [3.05, 3.63) is 11.8 Å². The van der Waals surface area contributed by atoms with E-state index in [9.17, 15) is 4.79 Å².